The molecule has 0 spiro atoms. The maximum atomic E-state index is 11.9. The van der Waals surface area contributed by atoms with E-state index >= 15 is 0 Å². The topological polar surface area (TPSA) is 82.6 Å². The molecule has 0 radical (unpaired) electrons. The van der Waals surface area contributed by atoms with E-state index in [2.05, 4.69) is 4.98 Å². The van der Waals surface area contributed by atoms with Gasteiger partial charge in [0, 0.05) is 18.6 Å². The van der Waals surface area contributed by atoms with E-state index in [1.807, 2.05) is 0 Å². The molecule has 0 atom stereocenters. The third kappa shape index (κ3) is 2.98. The fourth-order valence-electron chi connectivity index (χ4n) is 2.04. The highest BCUT2D eigenvalue weighted by Crippen LogP contribution is 2.25. The first-order valence-corrected chi connectivity index (χ1v) is 6.89. The lowest BCUT2D eigenvalue weighted by Crippen LogP contribution is -2.07. The highest BCUT2D eigenvalue weighted by molar-refractivity contribution is 5.95. The Morgan fingerprint density at radius 1 is 1.05 bits per heavy atom. The van der Waals surface area contributed by atoms with Crippen LogP contribution in [-0.2, 0) is 9.47 Å². The number of aromatic nitrogens is 2. The zero-order valence-electron chi connectivity index (χ0n) is 12.7. The fraction of sp³-hybridized carbons (Fsp3) is 0.333. The zero-order chi connectivity index (χ0) is 16.1. The molecule has 2 aromatic rings. The minimum Gasteiger partial charge on any atom is -0.494 e. The van der Waals surface area contributed by atoms with Crippen LogP contribution in [0.15, 0.2) is 24.8 Å². The predicted molar refractivity (Wildman–Crippen MR) is 78.6 cm³/mol. The lowest BCUT2D eigenvalue weighted by Gasteiger charge is -2.04. The minimum absolute atomic E-state index is 0.269. The van der Waals surface area contributed by atoms with Crippen molar-refractivity contribution >= 4 is 11.9 Å². The van der Waals surface area contributed by atoms with Crippen LogP contribution in [0.2, 0.25) is 0 Å². The number of esters is 2. The van der Waals surface area contributed by atoms with Crippen molar-refractivity contribution < 1.29 is 23.8 Å². The van der Waals surface area contributed by atoms with E-state index in [4.69, 9.17) is 14.2 Å². The molecule has 0 aromatic carbocycles. The second-order valence-corrected chi connectivity index (χ2v) is 4.34. The van der Waals surface area contributed by atoms with E-state index in [0.29, 0.717) is 22.6 Å². The quantitative estimate of drug-likeness (QED) is 0.827. The Bertz CT molecular complexity index is 671. The molecule has 0 aliphatic rings. The third-order valence-corrected chi connectivity index (χ3v) is 3.00. The molecule has 2 aromatic heterocycles. The molecule has 0 aliphatic heterocycles. The molecule has 2 rings (SSSR count). The van der Waals surface area contributed by atoms with Crippen molar-refractivity contribution in [3.8, 4) is 11.4 Å². The number of nitrogens with zero attached hydrogens (tertiary/aromatic N) is 1. The van der Waals surface area contributed by atoms with Crippen LogP contribution in [-0.4, -0.2) is 41.8 Å². The molecule has 1 N–H and O–H groups in total. The maximum Gasteiger partial charge on any atom is 0.343 e. The Balaban J connectivity index is 2.40. The molecular formula is C15H18N2O5. The van der Waals surface area contributed by atoms with E-state index < -0.39 is 11.9 Å². The first-order valence-electron chi connectivity index (χ1n) is 6.89. The standard InChI is InChI=1S/C15H18N2O5/c1-4-21-14(18)10-6-16-7-12(10)17-8-11(13(9-17)20-3)15(19)22-5-2/h6-9,16H,4-5H2,1-3H3. The first kappa shape index (κ1) is 15.7. The predicted octanol–water partition coefficient (Wildman–Crippen LogP) is 2.17. The van der Waals surface area contributed by atoms with Crippen LogP contribution in [0.25, 0.3) is 5.69 Å². The number of nitrogens with one attached hydrogen (secondary N) is 1. The largest absolute Gasteiger partial charge is 0.494 e. The van der Waals surface area contributed by atoms with Crippen molar-refractivity contribution in [1.82, 2.24) is 9.55 Å². The third-order valence-electron chi connectivity index (χ3n) is 3.00. The number of H-pyrrole nitrogens is 1. The van der Waals surface area contributed by atoms with Gasteiger partial charge >= 0.3 is 11.9 Å². The van der Waals surface area contributed by atoms with Gasteiger partial charge in [0.25, 0.3) is 0 Å². The second kappa shape index (κ2) is 6.84. The number of carbonyl (C=O) groups is 2. The first-order chi connectivity index (χ1) is 10.6. The Kier molecular flexibility index (Phi) is 4.88. The van der Waals surface area contributed by atoms with Gasteiger partial charge in [0.15, 0.2) is 5.75 Å². The number of ether oxygens (including phenoxy) is 3. The maximum absolute atomic E-state index is 11.9. The SMILES string of the molecule is CCOC(=O)c1cn(-c2c[nH]cc2C(=O)OCC)cc1OC. The smallest absolute Gasteiger partial charge is 0.343 e. The molecule has 0 saturated carbocycles. The Morgan fingerprint density at radius 2 is 1.68 bits per heavy atom. The van der Waals surface area contributed by atoms with Gasteiger partial charge in [-0.05, 0) is 13.8 Å². The van der Waals surface area contributed by atoms with E-state index in [1.54, 1.807) is 43.2 Å². The van der Waals surface area contributed by atoms with Crippen molar-refractivity contribution in [1.29, 1.82) is 0 Å². The van der Waals surface area contributed by atoms with Crippen LogP contribution in [0.5, 0.6) is 5.75 Å². The second-order valence-electron chi connectivity index (χ2n) is 4.34. The summed E-state index contributed by atoms with van der Waals surface area (Å²) >= 11 is 0. The summed E-state index contributed by atoms with van der Waals surface area (Å²) in [4.78, 5) is 26.7. The van der Waals surface area contributed by atoms with Gasteiger partial charge in [0.2, 0.25) is 0 Å². The summed E-state index contributed by atoms with van der Waals surface area (Å²) in [5.41, 5.74) is 1.22. The highest BCUT2D eigenvalue weighted by atomic mass is 16.5. The lowest BCUT2D eigenvalue weighted by molar-refractivity contribution is 0.0516. The van der Waals surface area contributed by atoms with E-state index in [9.17, 15) is 9.59 Å². The van der Waals surface area contributed by atoms with Crippen molar-refractivity contribution in [3.63, 3.8) is 0 Å². The number of hydrogen-bond acceptors (Lipinski definition) is 5. The molecule has 0 amide bonds. The number of hydrogen-bond donors (Lipinski definition) is 1. The van der Waals surface area contributed by atoms with Gasteiger partial charge in [-0.2, -0.15) is 0 Å². The van der Waals surface area contributed by atoms with Crippen LogP contribution in [0.3, 0.4) is 0 Å². The van der Waals surface area contributed by atoms with Gasteiger partial charge in [-0.25, -0.2) is 9.59 Å². The highest BCUT2D eigenvalue weighted by Gasteiger charge is 2.20. The van der Waals surface area contributed by atoms with Crippen molar-refractivity contribution in [2.24, 2.45) is 0 Å². The zero-order valence-corrected chi connectivity index (χ0v) is 12.7. The van der Waals surface area contributed by atoms with E-state index in [1.165, 1.54) is 7.11 Å². The summed E-state index contributed by atoms with van der Waals surface area (Å²) < 4.78 is 16.8. The summed E-state index contributed by atoms with van der Waals surface area (Å²) in [6.07, 6.45) is 6.35. The summed E-state index contributed by atoms with van der Waals surface area (Å²) in [5.74, 6) is -0.551. The van der Waals surface area contributed by atoms with Crippen LogP contribution in [0.1, 0.15) is 34.6 Å². The van der Waals surface area contributed by atoms with Gasteiger partial charge in [0.1, 0.15) is 11.1 Å². The van der Waals surface area contributed by atoms with Crippen molar-refractivity contribution in [3.05, 3.63) is 35.9 Å². The van der Waals surface area contributed by atoms with Crippen molar-refractivity contribution in [2.45, 2.75) is 13.8 Å². The molecule has 118 valence electrons. The number of rotatable bonds is 6. The molecule has 0 aliphatic carbocycles. The van der Waals surface area contributed by atoms with Gasteiger partial charge in [-0.15, -0.1) is 0 Å². The molecule has 22 heavy (non-hydrogen) atoms. The molecule has 2 heterocycles. The lowest BCUT2D eigenvalue weighted by atomic mass is 10.3. The summed E-state index contributed by atoms with van der Waals surface area (Å²) in [6.45, 7) is 4.02. The number of carbonyl (C=O) groups excluding carboxylic acids is 2. The van der Waals surface area contributed by atoms with Gasteiger partial charge in [0.05, 0.1) is 32.2 Å². The van der Waals surface area contributed by atoms with Gasteiger partial charge < -0.3 is 23.8 Å². The van der Waals surface area contributed by atoms with E-state index in [-0.39, 0.29) is 13.2 Å². The Hall–Kier alpha value is -2.70. The average molecular weight is 306 g/mol. The molecule has 0 saturated heterocycles. The van der Waals surface area contributed by atoms with Crippen LogP contribution in [0, 0.1) is 0 Å². The van der Waals surface area contributed by atoms with Crippen LogP contribution >= 0.6 is 0 Å². The number of methoxy groups -OCH3 is 1. The molecule has 0 bridgehead atoms. The van der Waals surface area contributed by atoms with Crippen molar-refractivity contribution in [2.75, 3.05) is 20.3 Å². The summed E-state index contributed by atoms with van der Waals surface area (Å²) in [5, 5.41) is 0. The molecule has 0 fully saturated rings. The van der Waals surface area contributed by atoms with Crippen LogP contribution < -0.4 is 4.74 Å². The number of aromatic amines is 1. The van der Waals surface area contributed by atoms with Crippen LogP contribution in [0.4, 0.5) is 0 Å². The summed E-state index contributed by atoms with van der Waals surface area (Å²) in [6, 6.07) is 0. The Morgan fingerprint density at radius 3 is 2.27 bits per heavy atom. The fourth-order valence-corrected chi connectivity index (χ4v) is 2.04. The minimum atomic E-state index is -0.480. The monoisotopic (exact) mass is 306 g/mol. The molecular weight excluding hydrogens is 288 g/mol. The normalized spacial score (nSPS) is 10.3. The van der Waals surface area contributed by atoms with Gasteiger partial charge in [-0.3, -0.25) is 0 Å². The van der Waals surface area contributed by atoms with Gasteiger partial charge in [-0.1, -0.05) is 0 Å². The molecule has 7 nitrogen and oxygen atoms in total. The van der Waals surface area contributed by atoms with E-state index in [0.717, 1.165) is 0 Å². The molecule has 0 unspecified atom stereocenters. The molecule has 7 heteroatoms. The Labute approximate surface area is 127 Å². The average Bonchev–Trinajstić information content (AvgIpc) is 3.14. The summed E-state index contributed by atoms with van der Waals surface area (Å²) in [7, 11) is 1.46.